The lowest BCUT2D eigenvalue weighted by atomic mass is 10.0. The van der Waals surface area contributed by atoms with Gasteiger partial charge in [-0.1, -0.05) is 18.2 Å². The number of carbonyl (C=O) groups is 2. The van der Waals surface area contributed by atoms with Gasteiger partial charge in [0.05, 0.1) is 12.5 Å². The molecule has 8 heteroatoms. The molecule has 0 aliphatic carbocycles. The Morgan fingerprint density at radius 3 is 2.82 bits per heavy atom. The van der Waals surface area contributed by atoms with Gasteiger partial charge < -0.3 is 20.4 Å². The van der Waals surface area contributed by atoms with Crippen LogP contribution in [0.5, 0.6) is 5.75 Å². The second kappa shape index (κ2) is 6.95. The Labute approximate surface area is 158 Å². The van der Waals surface area contributed by atoms with Gasteiger partial charge in [-0.2, -0.15) is 8.78 Å². The predicted molar refractivity (Wildman–Crippen MR) is 99.6 cm³/mol. The minimum Gasteiger partial charge on any atom is -0.434 e. The number of anilines is 1. The molecular formula is C20H17F2N3O3. The molecule has 1 aliphatic heterocycles. The van der Waals surface area contributed by atoms with E-state index in [9.17, 15) is 18.4 Å². The smallest absolute Gasteiger partial charge is 0.387 e. The Morgan fingerprint density at radius 1 is 1.21 bits per heavy atom. The molecule has 0 fully saturated rings. The van der Waals surface area contributed by atoms with Crippen molar-refractivity contribution in [2.75, 3.05) is 5.32 Å². The summed E-state index contributed by atoms with van der Waals surface area (Å²) in [6.45, 7) is -1.11. The third-order valence-electron chi connectivity index (χ3n) is 4.69. The van der Waals surface area contributed by atoms with Gasteiger partial charge >= 0.3 is 6.61 Å². The molecule has 0 saturated carbocycles. The van der Waals surface area contributed by atoms with E-state index in [1.165, 1.54) is 12.1 Å². The highest BCUT2D eigenvalue weighted by atomic mass is 19.3. The average Bonchev–Trinajstić information content (AvgIpc) is 3.23. The zero-order chi connectivity index (χ0) is 19.8. The number of benzene rings is 2. The molecule has 1 aliphatic rings. The van der Waals surface area contributed by atoms with Crippen LogP contribution in [0.3, 0.4) is 0 Å². The number of H-pyrrole nitrogens is 1. The van der Waals surface area contributed by atoms with Gasteiger partial charge in [-0.3, -0.25) is 9.59 Å². The maximum atomic E-state index is 12.6. The van der Waals surface area contributed by atoms with Gasteiger partial charge in [-0.25, -0.2) is 0 Å². The van der Waals surface area contributed by atoms with Crippen molar-refractivity contribution in [3.63, 3.8) is 0 Å². The lowest BCUT2D eigenvalue weighted by molar-refractivity contribution is -0.115. The molecule has 0 spiro atoms. The van der Waals surface area contributed by atoms with Crippen LogP contribution in [0.15, 0.2) is 42.5 Å². The lowest BCUT2D eigenvalue weighted by Crippen LogP contribution is -2.26. The quantitative estimate of drug-likeness (QED) is 0.625. The minimum atomic E-state index is -2.95. The number of hydrogen-bond donors (Lipinski definition) is 3. The van der Waals surface area contributed by atoms with Crippen LogP contribution in [-0.2, 0) is 11.2 Å². The van der Waals surface area contributed by atoms with Crippen molar-refractivity contribution in [3.05, 3.63) is 59.3 Å². The van der Waals surface area contributed by atoms with E-state index >= 15 is 0 Å². The largest absolute Gasteiger partial charge is 0.434 e. The molecule has 2 heterocycles. The number of amides is 2. The first-order valence-electron chi connectivity index (χ1n) is 8.71. The van der Waals surface area contributed by atoms with E-state index in [2.05, 4.69) is 20.4 Å². The van der Waals surface area contributed by atoms with Crippen molar-refractivity contribution in [1.29, 1.82) is 0 Å². The average molecular weight is 385 g/mol. The molecule has 1 atom stereocenters. The number of hydrogen-bond acceptors (Lipinski definition) is 3. The Balaban J connectivity index is 1.53. The lowest BCUT2D eigenvalue weighted by Gasteiger charge is -2.14. The molecule has 28 heavy (non-hydrogen) atoms. The van der Waals surface area contributed by atoms with Crippen LogP contribution in [-0.4, -0.2) is 23.4 Å². The molecule has 3 N–H and O–H groups in total. The summed E-state index contributed by atoms with van der Waals surface area (Å²) in [5.74, 6) is -0.420. The molecule has 2 amide bonds. The number of nitrogens with one attached hydrogen (secondary N) is 3. The predicted octanol–water partition coefficient (Wildman–Crippen LogP) is 3.75. The minimum absolute atomic E-state index is 0.00615. The number of carbonyl (C=O) groups excluding carboxylic acids is 2. The summed E-state index contributed by atoms with van der Waals surface area (Å²) in [7, 11) is 0. The van der Waals surface area contributed by atoms with E-state index in [1.54, 1.807) is 12.1 Å². The maximum Gasteiger partial charge on any atom is 0.387 e. The van der Waals surface area contributed by atoms with E-state index < -0.39 is 6.61 Å². The molecule has 144 valence electrons. The third-order valence-corrected chi connectivity index (χ3v) is 4.69. The monoisotopic (exact) mass is 385 g/mol. The van der Waals surface area contributed by atoms with Crippen molar-refractivity contribution in [3.8, 4) is 5.75 Å². The van der Waals surface area contributed by atoms with E-state index in [0.29, 0.717) is 17.3 Å². The zero-order valence-corrected chi connectivity index (χ0v) is 14.9. The number of aromatic nitrogens is 1. The second-order valence-electron chi connectivity index (χ2n) is 6.62. The Morgan fingerprint density at radius 2 is 2.04 bits per heavy atom. The van der Waals surface area contributed by atoms with Crippen LogP contribution < -0.4 is 15.4 Å². The standard InChI is InChI=1S/C20H17F2N3O3/c1-10(11-5-6-14-12(7-11)8-18(26)25-14)23-19(27)16-9-13-15(24-16)3-2-4-17(13)28-20(21)22/h2-7,9-10,20,24H,8H2,1H3,(H,23,27)(H,25,26). The summed E-state index contributed by atoms with van der Waals surface area (Å²) in [5.41, 5.74) is 3.31. The van der Waals surface area contributed by atoms with Gasteiger partial charge in [-0.05, 0) is 42.3 Å². The van der Waals surface area contributed by atoms with Gasteiger partial charge in [0, 0.05) is 16.6 Å². The summed E-state index contributed by atoms with van der Waals surface area (Å²) in [6, 6.07) is 11.4. The van der Waals surface area contributed by atoms with Gasteiger partial charge in [0.15, 0.2) is 0 Å². The molecule has 1 aromatic heterocycles. The number of rotatable bonds is 5. The fraction of sp³-hybridized carbons (Fsp3) is 0.200. The molecular weight excluding hydrogens is 368 g/mol. The van der Waals surface area contributed by atoms with E-state index in [4.69, 9.17) is 0 Å². The molecule has 1 unspecified atom stereocenters. The second-order valence-corrected chi connectivity index (χ2v) is 6.62. The van der Waals surface area contributed by atoms with E-state index in [1.807, 2.05) is 25.1 Å². The molecule has 0 saturated heterocycles. The Bertz CT molecular complexity index is 1080. The van der Waals surface area contributed by atoms with Crippen molar-refractivity contribution in [2.24, 2.45) is 0 Å². The highest BCUT2D eigenvalue weighted by Crippen LogP contribution is 2.29. The normalized spacial score (nSPS) is 14.1. The highest BCUT2D eigenvalue weighted by Gasteiger charge is 2.20. The first-order valence-corrected chi connectivity index (χ1v) is 8.71. The van der Waals surface area contributed by atoms with E-state index in [0.717, 1.165) is 16.8 Å². The number of alkyl halides is 2. The van der Waals surface area contributed by atoms with Gasteiger partial charge in [0.2, 0.25) is 5.91 Å². The van der Waals surface area contributed by atoms with E-state index in [-0.39, 0.29) is 29.3 Å². The molecule has 6 nitrogen and oxygen atoms in total. The number of fused-ring (bicyclic) bond motifs is 2. The highest BCUT2D eigenvalue weighted by molar-refractivity contribution is 6.00. The Kier molecular flexibility index (Phi) is 4.46. The summed E-state index contributed by atoms with van der Waals surface area (Å²) < 4.78 is 29.6. The van der Waals surface area contributed by atoms with Gasteiger partial charge in [-0.15, -0.1) is 0 Å². The number of halogens is 2. The van der Waals surface area contributed by atoms with Crippen LogP contribution in [0.4, 0.5) is 14.5 Å². The summed E-state index contributed by atoms with van der Waals surface area (Å²) >= 11 is 0. The molecule has 3 aromatic rings. The summed E-state index contributed by atoms with van der Waals surface area (Å²) in [4.78, 5) is 27.0. The third kappa shape index (κ3) is 3.40. The van der Waals surface area contributed by atoms with Crippen molar-refractivity contribution < 1.29 is 23.1 Å². The molecule has 0 bridgehead atoms. The Hall–Kier alpha value is -3.42. The van der Waals surface area contributed by atoms with Gasteiger partial charge in [0.25, 0.3) is 5.91 Å². The molecule has 0 radical (unpaired) electrons. The maximum absolute atomic E-state index is 12.6. The zero-order valence-electron chi connectivity index (χ0n) is 14.9. The van der Waals surface area contributed by atoms with Crippen LogP contribution in [0, 0.1) is 0 Å². The SMILES string of the molecule is CC(NC(=O)c1cc2c(OC(F)F)cccc2[nH]1)c1ccc2c(c1)CC(=O)N2. The number of ether oxygens (including phenoxy) is 1. The fourth-order valence-corrected chi connectivity index (χ4v) is 3.32. The topological polar surface area (TPSA) is 83.2 Å². The van der Waals surface area contributed by atoms with Crippen LogP contribution in [0.2, 0.25) is 0 Å². The van der Waals surface area contributed by atoms with Crippen molar-refractivity contribution in [2.45, 2.75) is 26.0 Å². The fourth-order valence-electron chi connectivity index (χ4n) is 3.32. The van der Waals surface area contributed by atoms with Crippen LogP contribution in [0.25, 0.3) is 10.9 Å². The van der Waals surface area contributed by atoms with Crippen LogP contribution in [0.1, 0.15) is 34.6 Å². The summed E-state index contributed by atoms with van der Waals surface area (Å²) in [5, 5.41) is 6.04. The summed E-state index contributed by atoms with van der Waals surface area (Å²) in [6.07, 6.45) is 0.318. The number of aromatic amines is 1. The first kappa shape index (κ1) is 18.0. The van der Waals surface area contributed by atoms with Crippen molar-refractivity contribution in [1.82, 2.24) is 10.3 Å². The molecule has 2 aromatic carbocycles. The molecule has 4 rings (SSSR count). The van der Waals surface area contributed by atoms with Crippen LogP contribution >= 0.6 is 0 Å². The first-order chi connectivity index (χ1) is 13.4. The van der Waals surface area contributed by atoms with Crippen molar-refractivity contribution >= 4 is 28.4 Å². The van der Waals surface area contributed by atoms with Gasteiger partial charge in [0.1, 0.15) is 11.4 Å².